The van der Waals surface area contributed by atoms with Gasteiger partial charge in [-0.25, -0.2) is 0 Å². The van der Waals surface area contributed by atoms with Crippen LogP contribution in [0.4, 0.5) is 5.69 Å². The molecule has 0 radical (unpaired) electrons. The molecule has 0 aliphatic heterocycles. The molecule has 1 aromatic rings. The molecule has 0 fully saturated rings. The second-order valence-corrected chi connectivity index (χ2v) is 4.70. The van der Waals surface area contributed by atoms with Gasteiger partial charge >= 0.3 is 0 Å². The molecule has 1 unspecified atom stereocenters. The van der Waals surface area contributed by atoms with Crippen molar-refractivity contribution in [3.05, 3.63) is 29.8 Å². The Morgan fingerprint density at radius 3 is 2.62 bits per heavy atom. The molecule has 0 bridgehead atoms. The molecule has 0 aliphatic rings. The molecule has 1 aromatic carbocycles. The second kappa shape index (κ2) is 6.54. The lowest BCUT2D eigenvalue weighted by Gasteiger charge is -2.19. The summed E-state index contributed by atoms with van der Waals surface area (Å²) in [6.45, 7) is 6.89. The highest BCUT2D eigenvalue weighted by atomic mass is 16.2. The summed E-state index contributed by atoms with van der Waals surface area (Å²) in [6, 6.07) is 8.94. The number of nitrogens with one attached hydrogen (secondary N) is 1. The van der Waals surface area contributed by atoms with Crippen LogP contribution < -0.4 is 5.32 Å². The lowest BCUT2D eigenvalue weighted by molar-refractivity contribution is 0.288. The molecule has 0 aromatic heterocycles. The Morgan fingerprint density at radius 2 is 2.00 bits per heavy atom. The van der Waals surface area contributed by atoms with Crippen LogP contribution in [0.1, 0.15) is 32.8 Å². The van der Waals surface area contributed by atoms with Crippen molar-refractivity contribution in [1.82, 2.24) is 0 Å². The highest BCUT2D eigenvalue weighted by molar-refractivity contribution is 5.46. The molecule has 1 atom stereocenters. The van der Waals surface area contributed by atoms with Gasteiger partial charge in [-0.2, -0.15) is 0 Å². The van der Waals surface area contributed by atoms with Crippen molar-refractivity contribution in [1.29, 1.82) is 0 Å². The number of hydrogen-bond donors (Lipinski definition) is 2. The smallest absolute Gasteiger partial charge is 0.0434 e. The minimum atomic E-state index is 0.264. The molecule has 0 spiro atoms. The number of aryl methyl sites for hydroxylation is 1. The fourth-order valence-electron chi connectivity index (χ4n) is 1.53. The van der Waals surface area contributed by atoms with Crippen molar-refractivity contribution in [3.8, 4) is 0 Å². The summed E-state index contributed by atoms with van der Waals surface area (Å²) in [5, 5.41) is 12.3. The molecule has 2 heteroatoms. The third-order valence-electron chi connectivity index (χ3n) is 2.94. The topological polar surface area (TPSA) is 32.3 Å². The molecular weight excluding hydrogens is 198 g/mol. The van der Waals surface area contributed by atoms with Gasteiger partial charge in [0.25, 0.3) is 0 Å². The van der Waals surface area contributed by atoms with E-state index in [1.807, 2.05) is 0 Å². The first-order valence-electron chi connectivity index (χ1n) is 6.10. The van der Waals surface area contributed by atoms with Gasteiger partial charge in [-0.3, -0.25) is 0 Å². The Labute approximate surface area is 98.7 Å². The lowest BCUT2D eigenvalue weighted by Crippen LogP contribution is -2.21. The van der Waals surface area contributed by atoms with Crippen molar-refractivity contribution < 1.29 is 5.11 Å². The third-order valence-corrected chi connectivity index (χ3v) is 2.94. The quantitative estimate of drug-likeness (QED) is 0.773. The van der Waals surface area contributed by atoms with Crippen LogP contribution in [0.25, 0.3) is 0 Å². The Balaban J connectivity index is 2.59. The predicted molar refractivity (Wildman–Crippen MR) is 69.8 cm³/mol. The second-order valence-electron chi connectivity index (χ2n) is 4.70. The average Bonchev–Trinajstić information content (AvgIpc) is 2.26. The van der Waals surface area contributed by atoms with Crippen LogP contribution in [-0.2, 0) is 6.42 Å². The summed E-state index contributed by atoms with van der Waals surface area (Å²) in [7, 11) is 0. The molecule has 90 valence electrons. The van der Waals surface area contributed by atoms with Gasteiger partial charge in [-0.15, -0.1) is 0 Å². The van der Waals surface area contributed by atoms with Crippen molar-refractivity contribution >= 4 is 5.69 Å². The molecule has 0 heterocycles. The maximum atomic E-state index is 8.80. The van der Waals surface area contributed by atoms with Crippen molar-refractivity contribution in [2.45, 2.75) is 39.7 Å². The van der Waals surface area contributed by atoms with E-state index in [1.165, 1.54) is 11.3 Å². The first-order chi connectivity index (χ1) is 7.63. The highest BCUT2D eigenvalue weighted by Gasteiger charge is 2.06. The number of aliphatic hydroxyl groups excluding tert-OH is 1. The zero-order chi connectivity index (χ0) is 12.0. The summed E-state index contributed by atoms with van der Waals surface area (Å²) < 4.78 is 0. The number of benzene rings is 1. The van der Waals surface area contributed by atoms with Gasteiger partial charge < -0.3 is 10.4 Å². The molecule has 16 heavy (non-hydrogen) atoms. The Kier molecular flexibility index (Phi) is 5.33. The molecule has 0 amide bonds. The van der Waals surface area contributed by atoms with Crippen LogP contribution in [-0.4, -0.2) is 17.8 Å². The summed E-state index contributed by atoms with van der Waals surface area (Å²) >= 11 is 0. The minimum Gasteiger partial charge on any atom is -0.396 e. The molecule has 1 rings (SSSR count). The number of hydrogen-bond acceptors (Lipinski definition) is 2. The predicted octanol–water partition coefficient (Wildman–Crippen LogP) is 3.07. The summed E-state index contributed by atoms with van der Waals surface area (Å²) in [6.07, 6.45) is 1.78. The van der Waals surface area contributed by atoms with Crippen LogP contribution in [0.3, 0.4) is 0 Å². The van der Waals surface area contributed by atoms with E-state index in [1.54, 1.807) is 0 Å². The van der Waals surface area contributed by atoms with Crippen LogP contribution in [0.2, 0.25) is 0 Å². The lowest BCUT2D eigenvalue weighted by atomic mass is 10.1. The number of rotatable bonds is 6. The molecular formula is C14H23NO. The number of aliphatic hydroxyl groups is 1. The van der Waals surface area contributed by atoms with Crippen LogP contribution in [0, 0.1) is 5.92 Å². The fourth-order valence-corrected chi connectivity index (χ4v) is 1.53. The van der Waals surface area contributed by atoms with E-state index in [9.17, 15) is 0 Å². The number of anilines is 1. The van der Waals surface area contributed by atoms with Gasteiger partial charge in [0.15, 0.2) is 0 Å². The summed E-state index contributed by atoms with van der Waals surface area (Å²) in [5.74, 6) is 0.626. The van der Waals surface area contributed by atoms with Gasteiger partial charge in [-0.1, -0.05) is 26.0 Å². The molecule has 2 nitrogen and oxygen atoms in total. The van der Waals surface area contributed by atoms with Crippen molar-refractivity contribution in [2.24, 2.45) is 5.92 Å². The van der Waals surface area contributed by atoms with E-state index in [4.69, 9.17) is 5.11 Å². The SMILES string of the molecule is CC(C)C(C)Nc1cccc(CCCO)c1. The maximum absolute atomic E-state index is 8.80. The Morgan fingerprint density at radius 1 is 1.25 bits per heavy atom. The van der Waals surface area contributed by atoms with E-state index in [-0.39, 0.29) is 6.61 Å². The van der Waals surface area contributed by atoms with Crippen LogP contribution >= 0.6 is 0 Å². The van der Waals surface area contributed by atoms with E-state index in [2.05, 4.69) is 50.4 Å². The zero-order valence-corrected chi connectivity index (χ0v) is 10.5. The van der Waals surface area contributed by atoms with Gasteiger partial charge in [0, 0.05) is 18.3 Å². The van der Waals surface area contributed by atoms with Crippen LogP contribution in [0.15, 0.2) is 24.3 Å². The van der Waals surface area contributed by atoms with E-state index in [0.717, 1.165) is 12.8 Å². The Bertz CT molecular complexity index is 309. The third kappa shape index (κ3) is 4.23. The first kappa shape index (κ1) is 13.0. The average molecular weight is 221 g/mol. The molecule has 0 aliphatic carbocycles. The van der Waals surface area contributed by atoms with Crippen LogP contribution in [0.5, 0.6) is 0 Å². The van der Waals surface area contributed by atoms with E-state index >= 15 is 0 Å². The molecule has 0 saturated carbocycles. The molecule has 2 N–H and O–H groups in total. The van der Waals surface area contributed by atoms with Gasteiger partial charge in [0.2, 0.25) is 0 Å². The largest absolute Gasteiger partial charge is 0.396 e. The van der Waals surface area contributed by atoms with Gasteiger partial charge in [-0.05, 0) is 43.4 Å². The standard InChI is InChI=1S/C14H23NO/c1-11(2)12(3)15-14-8-4-6-13(10-14)7-5-9-16/h4,6,8,10-12,15-16H,5,7,9H2,1-3H3. The van der Waals surface area contributed by atoms with Gasteiger partial charge in [0.1, 0.15) is 0 Å². The minimum absolute atomic E-state index is 0.264. The van der Waals surface area contributed by atoms with Crippen molar-refractivity contribution in [3.63, 3.8) is 0 Å². The summed E-state index contributed by atoms with van der Waals surface area (Å²) in [5.41, 5.74) is 2.46. The fraction of sp³-hybridized carbons (Fsp3) is 0.571. The normalized spacial score (nSPS) is 12.8. The van der Waals surface area contributed by atoms with Crippen molar-refractivity contribution in [2.75, 3.05) is 11.9 Å². The monoisotopic (exact) mass is 221 g/mol. The highest BCUT2D eigenvalue weighted by Crippen LogP contribution is 2.15. The maximum Gasteiger partial charge on any atom is 0.0434 e. The van der Waals surface area contributed by atoms with Gasteiger partial charge in [0.05, 0.1) is 0 Å². The summed E-state index contributed by atoms with van der Waals surface area (Å²) in [4.78, 5) is 0. The Hall–Kier alpha value is -1.02. The van der Waals surface area contributed by atoms with E-state index in [0.29, 0.717) is 12.0 Å². The van der Waals surface area contributed by atoms with E-state index < -0.39 is 0 Å². The zero-order valence-electron chi connectivity index (χ0n) is 10.5. The molecule has 0 saturated heterocycles. The first-order valence-corrected chi connectivity index (χ1v) is 6.10.